The normalized spacial score (nSPS) is 15.5. The Hall–Kier alpha value is -3.73. The SMILES string of the molecule is CC1CCN(Cc2ccc(NC(=O)c3nc4nc(-c5ccco5)cc(C(F)(F)F)n4n3)cc2)CC1. The Morgan fingerprint density at radius 3 is 2.54 bits per heavy atom. The first-order chi connectivity index (χ1) is 16.8. The first-order valence-corrected chi connectivity index (χ1v) is 11.3. The third-order valence-electron chi connectivity index (χ3n) is 6.07. The molecule has 4 heterocycles. The lowest BCUT2D eigenvalue weighted by Gasteiger charge is -2.30. The Kier molecular flexibility index (Phi) is 6.01. The van der Waals surface area contributed by atoms with Crippen LogP contribution in [0.5, 0.6) is 0 Å². The number of rotatable bonds is 5. The number of halogens is 3. The highest BCUT2D eigenvalue weighted by atomic mass is 19.4. The fourth-order valence-electron chi connectivity index (χ4n) is 4.08. The largest absolute Gasteiger partial charge is 0.463 e. The summed E-state index contributed by atoms with van der Waals surface area (Å²) in [4.78, 5) is 23.1. The monoisotopic (exact) mass is 484 g/mol. The van der Waals surface area contributed by atoms with Crippen LogP contribution in [0.25, 0.3) is 17.2 Å². The topological polar surface area (TPSA) is 88.6 Å². The van der Waals surface area contributed by atoms with Crippen LogP contribution < -0.4 is 5.32 Å². The average molecular weight is 484 g/mol. The van der Waals surface area contributed by atoms with Crippen LogP contribution >= 0.6 is 0 Å². The number of carbonyl (C=O) groups excluding carboxylic acids is 1. The van der Waals surface area contributed by atoms with Crippen molar-refractivity contribution in [2.75, 3.05) is 18.4 Å². The Bertz CT molecular complexity index is 1320. The maximum atomic E-state index is 13.7. The molecule has 0 aliphatic carbocycles. The van der Waals surface area contributed by atoms with Crippen LogP contribution in [0.3, 0.4) is 0 Å². The molecule has 1 fully saturated rings. The van der Waals surface area contributed by atoms with E-state index in [1.165, 1.54) is 31.2 Å². The molecule has 0 saturated carbocycles. The summed E-state index contributed by atoms with van der Waals surface area (Å²) in [5.74, 6) is -0.614. The van der Waals surface area contributed by atoms with Crippen molar-refractivity contribution in [3.8, 4) is 11.5 Å². The lowest BCUT2D eigenvalue weighted by molar-refractivity contribution is -0.142. The summed E-state index contributed by atoms with van der Waals surface area (Å²) >= 11 is 0. The third kappa shape index (κ3) is 5.04. The van der Waals surface area contributed by atoms with Crippen LogP contribution in [0, 0.1) is 5.92 Å². The summed E-state index contributed by atoms with van der Waals surface area (Å²) in [6.07, 6.45) is -1.04. The highest BCUT2D eigenvalue weighted by Crippen LogP contribution is 2.32. The van der Waals surface area contributed by atoms with E-state index in [9.17, 15) is 18.0 Å². The van der Waals surface area contributed by atoms with Crippen LogP contribution in [-0.4, -0.2) is 43.5 Å². The molecule has 1 aliphatic heterocycles. The minimum atomic E-state index is -4.74. The number of alkyl halides is 3. The first-order valence-electron chi connectivity index (χ1n) is 11.3. The second-order valence-corrected chi connectivity index (χ2v) is 8.76. The van der Waals surface area contributed by atoms with E-state index in [-0.39, 0.29) is 17.2 Å². The summed E-state index contributed by atoms with van der Waals surface area (Å²) in [7, 11) is 0. The molecule has 1 aromatic carbocycles. The summed E-state index contributed by atoms with van der Waals surface area (Å²) < 4.78 is 46.7. The number of hydrogen-bond donors (Lipinski definition) is 1. The number of nitrogens with one attached hydrogen (secondary N) is 1. The number of aromatic nitrogens is 4. The number of benzene rings is 1. The van der Waals surface area contributed by atoms with Crippen molar-refractivity contribution >= 4 is 17.4 Å². The van der Waals surface area contributed by atoms with E-state index in [4.69, 9.17) is 4.42 Å². The fraction of sp³-hybridized carbons (Fsp3) is 0.333. The molecular weight excluding hydrogens is 461 g/mol. The standard InChI is InChI=1S/C24H23F3N6O2/c1-15-8-10-32(11-9-15)14-16-4-6-17(7-5-16)28-22(34)21-30-23-29-18(19-3-2-12-35-19)13-20(24(25,26)27)33(23)31-21/h2-7,12-13,15H,8-11,14H2,1H3,(H,28,34). The lowest BCUT2D eigenvalue weighted by Crippen LogP contribution is -2.32. The summed E-state index contributed by atoms with van der Waals surface area (Å²) in [5, 5.41) is 6.41. The van der Waals surface area contributed by atoms with Crippen molar-refractivity contribution in [2.45, 2.75) is 32.5 Å². The highest BCUT2D eigenvalue weighted by molar-refractivity contribution is 6.01. The van der Waals surface area contributed by atoms with Gasteiger partial charge >= 0.3 is 6.18 Å². The van der Waals surface area contributed by atoms with Gasteiger partial charge in [-0.05, 0) is 67.7 Å². The van der Waals surface area contributed by atoms with Crippen LogP contribution in [0.15, 0.2) is 53.1 Å². The van der Waals surface area contributed by atoms with Crippen molar-refractivity contribution in [1.82, 2.24) is 24.5 Å². The molecule has 3 aromatic heterocycles. The summed E-state index contributed by atoms with van der Waals surface area (Å²) in [6.45, 7) is 5.23. The van der Waals surface area contributed by atoms with Gasteiger partial charge in [0, 0.05) is 12.2 Å². The number of furan rings is 1. The molecule has 11 heteroatoms. The number of carbonyl (C=O) groups is 1. The van der Waals surface area contributed by atoms with E-state index in [2.05, 4.69) is 32.2 Å². The number of amides is 1. The number of fused-ring (bicyclic) bond motifs is 1. The Labute approximate surface area is 198 Å². The van der Waals surface area contributed by atoms with E-state index >= 15 is 0 Å². The molecule has 1 aliphatic rings. The Balaban J connectivity index is 1.34. The predicted molar refractivity (Wildman–Crippen MR) is 122 cm³/mol. The second kappa shape index (κ2) is 9.14. The van der Waals surface area contributed by atoms with Crippen molar-refractivity contribution in [1.29, 1.82) is 0 Å². The third-order valence-corrected chi connectivity index (χ3v) is 6.07. The van der Waals surface area contributed by atoms with Crippen LogP contribution in [0.2, 0.25) is 0 Å². The summed E-state index contributed by atoms with van der Waals surface area (Å²) in [5.41, 5.74) is 0.433. The van der Waals surface area contributed by atoms with Gasteiger partial charge in [-0.25, -0.2) is 4.98 Å². The van der Waals surface area contributed by atoms with Gasteiger partial charge in [-0.3, -0.25) is 9.69 Å². The highest BCUT2D eigenvalue weighted by Gasteiger charge is 2.36. The van der Waals surface area contributed by atoms with Crippen LogP contribution in [0.4, 0.5) is 18.9 Å². The molecule has 0 radical (unpaired) electrons. The van der Waals surface area contributed by atoms with Gasteiger partial charge in [0.2, 0.25) is 5.82 Å². The van der Waals surface area contributed by atoms with E-state index in [0.29, 0.717) is 10.2 Å². The number of piperidine rings is 1. The smallest absolute Gasteiger partial charge is 0.433 e. The van der Waals surface area contributed by atoms with Crippen molar-refractivity contribution < 1.29 is 22.4 Å². The van der Waals surface area contributed by atoms with Gasteiger partial charge in [0.05, 0.1) is 6.26 Å². The minimum absolute atomic E-state index is 0.0621. The van der Waals surface area contributed by atoms with Gasteiger partial charge in [-0.1, -0.05) is 19.1 Å². The number of likely N-dealkylation sites (tertiary alicyclic amines) is 1. The molecule has 182 valence electrons. The van der Waals surface area contributed by atoms with Gasteiger partial charge in [0.15, 0.2) is 11.5 Å². The zero-order valence-electron chi connectivity index (χ0n) is 18.9. The molecule has 35 heavy (non-hydrogen) atoms. The molecule has 1 N–H and O–H groups in total. The van der Waals surface area contributed by atoms with E-state index in [1.54, 1.807) is 12.1 Å². The van der Waals surface area contributed by atoms with E-state index in [1.807, 2.05) is 12.1 Å². The molecule has 8 nitrogen and oxygen atoms in total. The zero-order chi connectivity index (χ0) is 24.6. The van der Waals surface area contributed by atoms with Crippen molar-refractivity contribution in [2.24, 2.45) is 5.92 Å². The lowest BCUT2D eigenvalue weighted by atomic mass is 9.99. The number of hydrogen-bond acceptors (Lipinski definition) is 6. The van der Waals surface area contributed by atoms with Gasteiger partial charge < -0.3 is 9.73 Å². The fourth-order valence-corrected chi connectivity index (χ4v) is 4.08. The van der Waals surface area contributed by atoms with Crippen molar-refractivity contribution in [3.63, 3.8) is 0 Å². The molecule has 0 spiro atoms. The second-order valence-electron chi connectivity index (χ2n) is 8.76. The number of nitrogens with zero attached hydrogens (tertiary/aromatic N) is 5. The van der Waals surface area contributed by atoms with E-state index < -0.39 is 23.6 Å². The van der Waals surface area contributed by atoms with Gasteiger partial charge in [-0.2, -0.15) is 22.7 Å². The summed E-state index contributed by atoms with van der Waals surface area (Å²) in [6, 6.07) is 11.2. The molecule has 1 amide bonds. The molecular formula is C24H23F3N6O2. The zero-order valence-corrected chi connectivity index (χ0v) is 18.9. The van der Waals surface area contributed by atoms with E-state index in [0.717, 1.165) is 37.2 Å². The van der Waals surface area contributed by atoms with Gasteiger partial charge in [0.25, 0.3) is 11.7 Å². The quantitative estimate of drug-likeness (QED) is 0.434. The predicted octanol–water partition coefficient (Wildman–Crippen LogP) is 4.89. The van der Waals surface area contributed by atoms with Crippen LogP contribution in [0.1, 0.15) is 41.6 Å². The van der Waals surface area contributed by atoms with Gasteiger partial charge in [0.1, 0.15) is 5.69 Å². The molecule has 0 unspecified atom stereocenters. The minimum Gasteiger partial charge on any atom is -0.463 e. The Morgan fingerprint density at radius 2 is 1.89 bits per heavy atom. The first kappa shape index (κ1) is 23.0. The maximum Gasteiger partial charge on any atom is 0.433 e. The molecule has 0 atom stereocenters. The number of anilines is 1. The Morgan fingerprint density at radius 1 is 1.14 bits per heavy atom. The maximum absolute atomic E-state index is 13.7. The van der Waals surface area contributed by atoms with Gasteiger partial charge in [-0.15, -0.1) is 5.10 Å². The molecule has 4 aromatic rings. The van der Waals surface area contributed by atoms with Crippen LogP contribution in [-0.2, 0) is 12.7 Å². The average Bonchev–Trinajstić information content (AvgIpc) is 3.50. The van der Waals surface area contributed by atoms with Crippen molar-refractivity contribution in [3.05, 3.63) is 65.8 Å². The molecule has 5 rings (SSSR count). The molecule has 0 bridgehead atoms. The molecule has 1 saturated heterocycles.